The van der Waals surface area contributed by atoms with Crippen molar-refractivity contribution in [2.45, 2.75) is 62.9 Å². The van der Waals surface area contributed by atoms with E-state index in [4.69, 9.17) is 14.2 Å². The first kappa shape index (κ1) is 16.1. The van der Waals surface area contributed by atoms with Crippen LogP contribution in [0.1, 0.15) is 39.5 Å². The molecule has 2 atom stereocenters. The number of rotatable bonds is 3. The molecule has 21 heavy (non-hydrogen) atoms. The van der Waals surface area contributed by atoms with Gasteiger partial charge in [-0.05, 0) is 44.6 Å². The highest BCUT2D eigenvalue weighted by Gasteiger charge is 2.39. The minimum atomic E-state index is -0.0796. The van der Waals surface area contributed by atoms with Crippen LogP contribution in [0.25, 0.3) is 0 Å². The molecule has 2 unspecified atom stereocenters. The molecule has 122 valence electrons. The zero-order valence-corrected chi connectivity index (χ0v) is 14.2. The molecule has 3 saturated heterocycles. The van der Waals surface area contributed by atoms with Crippen molar-refractivity contribution in [1.82, 2.24) is 5.32 Å². The Balaban J connectivity index is 1.46. The van der Waals surface area contributed by atoms with Gasteiger partial charge in [-0.15, -0.1) is 0 Å². The Morgan fingerprint density at radius 1 is 1.29 bits per heavy atom. The normalized spacial score (nSPS) is 35.7. The molecule has 0 aromatic carbocycles. The van der Waals surface area contributed by atoms with Gasteiger partial charge < -0.3 is 19.5 Å². The van der Waals surface area contributed by atoms with Crippen LogP contribution in [0.2, 0.25) is 0 Å². The first-order valence-electron chi connectivity index (χ1n) is 8.29. The smallest absolute Gasteiger partial charge is 0.0940 e. The topological polar surface area (TPSA) is 39.7 Å². The molecule has 0 bridgehead atoms. The van der Waals surface area contributed by atoms with Gasteiger partial charge in [0.25, 0.3) is 0 Å². The maximum absolute atomic E-state index is 6.19. The molecule has 0 aromatic rings. The third-order valence-corrected chi connectivity index (χ3v) is 5.76. The van der Waals surface area contributed by atoms with Crippen LogP contribution in [0.4, 0.5) is 0 Å². The standard InChI is InChI=1S/C16H29NO3S/c1-15(2)12-17-10-14(20-15)11-18-13-3-6-19-16(9-13)4-7-21-8-5-16/h13-14,17H,3-12H2,1-2H3. The van der Waals surface area contributed by atoms with Gasteiger partial charge in [0, 0.05) is 26.1 Å². The van der Waals surface area contributed by atoms with Crippen molar-refractivity contribution in [3.05, 3.63) is 0 Å². The second-order valence-electron chi connectivity index (χ2n) is 7.22. The van der Waals surface area contributed by atoms with Gasteiger partial charge >= 0.3 is 0 Å². The molecular weight excluding hydrogens is 286 g/mol. The van der Waals surface area contributed by atoms with Crippen molar-refractivity contribution in [2.75, 3.05) is 37.8 Å². The van der Waals surface area contributed by atoms with E-state index in [9.17, 15) is 0 Å². The van der Waals surface area contributed by atoms with Crippen molar-refractivity contribution >= 4 is 11.8 Å². The van der Waals surface area contributed by atoms with Crippen LogP contribution in [0.15, 0.2) is 0 Å². The van der Waals surface area contributed by atoms with E-state index in [1.165, 1.54) is 24.3 Å². The minimum absolute atomic E-state index is 0.0796. The van der Waals surface area contributed by atoms with Crippen LogP contribution >= 0.6 is 11.8 Å². The van der Waals surface area contributed by atoms with Crippen LogP contribution in [-0.2, 0) is 14.2 Å². The summed E-state index contributed by atoms with van der Waals surface area (Å²) < 4.78 is 18.4. The fourth-order valence-electron chi connectivity index (χ4n) is 3.62. The summed E-state index contributed by atoms with van der Waals surface area (Å²) in [4.78, 5) is 0. The Labute approximate surface area is 132 Å². The van der Waals surface area contributed by atoms with E-state index >= 15 is 0 Å². The lowest BCUT2D eigenvalue weighted by Crippen LogP contribution is -2.52. The lowest BCUT2D eigenvalue weighted by molar-refractivity contribution is -0.165. The van der Waals surface area contributed by atoms with E-state index in [0.29, 0.717) is 12.7 Å². The lowest BCUT2D eigenvalue weighted by Gasteiger charge is -2.43. The summed E-state index contributed by atoms with van der Waals surface area (Å²) >= 11 is 2.05. The van der Waals surface area contributed by atoms with Gasteiger partial charge in [-0.3, -0.25) is 0 Å². The van der Waals surface area contributed by atoms with Gasteiger partial charge in [0.1, 0.15) is 0 Å². The quantitative estimate of drug-likeness (QED) is 0.865. The highest BCUT2D eigenvalue weighted by Crippen LogP contribution is 2.38. The summed E-state index contributed by atoms with van der Waals surface area (Å²) in [6, 6.07) is 0. The average molecular weight is 315 g/mol. The van der Waals surface area contributed by atoms with Crippen molar-refractivity contribution in [2.24, 2.45) is 0 Å². The van der Waals surface area contributed by atoms with Crippen LogP contribution in [0.5, 0.6) is 0 Å². The lowest BCUT2D eigenvalue weighted by atomic mass is 9.86. The molecule has 3 aliphatic rings. The van der Waals surface area contributed by atoms with Crippen LogP contribution in [0.3, 0.4) is 0 Å². The Kier molecular flexibility index (Phi) is 5.16. The van der Waals surface area contributed by atoms with Gasteiger partial charge in [-0.1, -0.05) is 0 Å². The molecule has 1 spiro atoms. The Hall–Kier alpha value is 0.190. The van der Waals surface area contributed by atoms with Gasteiger partial charge in [0.15, 0.2) is 0 Å². The average Bonchev–Trinajstić information content (AvgIpc) is 2.45. The first-order valence-corrected chi connectivity index (χ1v) is 9.44. The van der Waals surface area contributed by atoms with E-state index in [0.717, 1.165) is 32.5 Å². The zero-order valence-electron chi connectivity index (χ0n) is 13.4. The number of hydrogen-bond acceptors (Lipinski definition) is 5. The second-order valence-corrected chi connectivity index (χ2v) is 8.45. The second kappa shape index (κ2) is 6.75. The van der Waals surface area contributed by atoms with E-state index in [-0.39, 0.29) is 17.3 Å². The maximum atomic E-state index is 6.19. The predicted molar refractivity (Wildman–Crippen MR) is 86.0 cm³/mol. The maximum Gasteiger partial charge on any atom is 0.0940 e. The molecule has 3 heterocycles. The van der Waals surface area contributed by atoms with E-state index < -0.39 is 0 Å². The van der Waals surface area contributed by atoms with Gasteiger partial charge in [0.05, 0.1) is 30.0 Å². The summed E-state index contributed by atoms with van der Waals surface area (Å²) in [6.45, 7) is 7.64. The third kappa shape index (κ3) is 4.35. The molecule has 3 rings (SSSR count). The molecular formula is C16H29NO3S. The molecule has 3 aliphatic heterocycles. The van der Waals surface area contributed by atoms with Gasteiger partial charge in [-0.2, -0.15) is 11.8 Å². The molecule has 0 saturated carbocycles. The van der Waals surface area contributed by atoms with E-state index in [1.54, 1.807) is 0 Å². The van der Waals surface area contributed by atoms with Crippen LogP contribution in [0, 0.1) is 0 Å². The SMILES string of the molecule is CC1(C)CNCC(COC2CCOC3(CCSCC3)C2)O1. The van der Waals surface area contributed by atoms with Crippen molar-refractivity contribution in [3.8, 4) is 0 Å². The number of nitrogens with one attached hydrogen (secondary N) is 1. The highest BCUT2D eigenvalue weighted by atomic mass is 32.2. The van der Waals surface area contributed by atoms with Crippen molar-refractivity contribution < 1.29 is 14.2 Å². The number of ether oxygens (including phenoxy) is 3. The monoisotopic (exact) mass is 315 g/mol. The molecule has 0 aliphatic carbocycles. The summed E-state index contributed by atoms with van der Waals surface area (Å²) in [5.41, 5.74) is 0.0306. The fourth-order valence-corrected chi connectivity index (χ4v) is 4.86. The van der Waals surface area contributed by atoms with Gasteiger partial charge in [-0.25, -0.2) is 0 Å². The number of hydrogen-bond donors (Lipinski definition) is 1. The molecule has 1 N–H and O–H groups in total. The third-order valence-electron chi connectivity index (χ3n) is 4.78. The van der Waals surface area contributed by atoms with E-state index in [2.05, 4.69) is 30.9 Å². The number of morpholine rings is 1. The molecule has 4 nitrogen and oxygen atoms in total. The summed E-state index contributed by atoms with van der Waals surface area (Å²) in [5.74, 6) is 2.47. The Bertz CT molecular complexity index is 339. The first-order chi connectivity index (χ1) is 10.1. The number of thioether (sulfide) groups is 1. The largest absolute Gasteiger partial charge is 0.375 e. The molecule has 5 heteroatoms. The Morgan fingerprint density at radius 3 is 2.86 bits per heavy atom. The van der Waals surface area contributed by atoms with E-state index in [1.807, 2.05) is 0 Å². The van der Waals surface area contributed by atoms with Crippen molar-refractivity contribution in [1.29, 1.82) is 0 Å². The fraction of sp³-hybridized carbons (Fsp3) is 1.00. The summed E-state index contributed by atoms with van der Waals surface area (Å²) in [5, 5.41) is 3.44. The zero-order chi connectivity index (χ0) is 14.8. The van der Waals surface area contributed by atoms with Crippen LogP contribution in [-0.4, -0.2) is 61.2 Å². The Morgan fingerprint density at radius 2 is 2.10 bits per heavy atom. The molecule has 0 amide bonds. The van der Waals surface area contributed by atoms with Crippen LogP contribution < -0.4 is 5.32 Å². The molecule has 3 fully saturated rings. The minimum Gasteiger partial charge on any atom is -0.375 e. The predicted octanol–water partition coefficient (Wildman–Crippen LogP) is 2.21. The molecule has 0 aromatic heterocycles. The van der Waals surface area contributed by atoms with Gasteiger partial charge in [0.2, 0.25) is 0 Å². The summed E-state index contributed by atoms with van der Waals surface area (Å²) in [6.07, 6.45) is 4.98. The summed E-state index contributed by atoms with van der Waals surface area (Å²) in [7, 11) is 0. The van der Waals surface area contributed by atoms with Crippen molar-refractivity contribution in [3.63, 3.8) is 0 Å². The highest BCUT2D eigenvalue weighted by molar-refractivity contribution is 7.99. The molecule has 0 radical (unpaired) electrons.